The van der Waals surface area contributed by atoms with E-state index in [4.69, 9.17) is 4.98 Å². The van der Waals surface area contributed by atoms with Crippen LogP contribution in [0.3, 0.4) is 0 Å². The predicted molar refractivity (Wildman–Crippen MR) is 92.5 cm³/mol. The van der Waals surface area contributed by atoms with Gasteiger partial charge in [-0.25, -0.2) is 9.97 Å². The molecule has 2 fully saturated rings. The first kappa shape index (κ1) is 14.5. The Labute approximate surface area is 136 Å². The van der Waals surface area contributed by atoms with Crippen LogP contribution >= 0.6 is 11.8 Å². The van der Waals surface area contributed by atoms with Gasteiger partial charge in [0.15, 0.2) is 5.65 Å². The van der Waals surface area contributed by atoms with Crippen LogP contribution in [-0.2, 0) is 6.42 Å². The maximum atomic E-state index is 4.95. The van der Waals surface area contributed by atoms with E-state index in [1.165, 1.54) is 43.8 Å². The summed E-state index contributed by atoms with van der Waals surface area (Å²) in [5, 5.41) is 0.739. The van der Waals surface area contributed by atoms with Gasteiger partial charge in [0.25, 0.3) is 0 Å². The number of hydrogen-bond donors (Lipinski definition) is 0. The molecule has 2 aliphatic rings. The Hall–Kier alpha value is -1.07. The second kappa shape index (κ2) is 6.20. The van der Waals surface area contributed by atoms with E-state index >= 15 is 0 Å². The summed E-state index contributed by atoms with van der Waals surface area (Å²) in [6, 6.07) is 4.64. The first-order valence-corrected chi connectivity index (χ1v) is 9.48. The Kier molecular flexibility index (Phi) is 4.09. The number of likely N-dealkylation sites (tertiary alicyclic amines) is 1. The third-order valence-electron chi connectivity index (χ3n) is 4.94. The summed E-state index contributed by atoms with van der Waals surface area (Å²) in [4.78, 5) is 12.0. The van der Waals surface area contributed by atoms with E-state index in [2.05, 4.69) is 39.3 Å². The molecule has 0 N–H and O–H groups in total. The Morgan fingerprint density at radius 2 is 2.27 bits per heavy atom. The molecule has 2 aromatic rings. The van der Waals surface area contributed by atoms with Gasteiger partial charge in [-0.3, -0.25) is 0 Å². The minimum Gasteiger partial charge on any atom is -0.308 e. The topological polar surface area (TPSA) is 34.0 Å². The zero-order valence-electron chi connectivity index (χ0n) is 13.2. The molecule has 0 aromatic carbocycles. The third-order valence-corrected chi connectivity index (χ3v) is 6.34. The van der Waals surface area contributed by atoms with Crippen molar-refractivity contribution in [2.75, 3.05) is 25.9 Å². The van der Waals surface area contributed by atoms with Crippen LogP contribution in [0.15, 0.2) is 18.3 Å². The number of likely N-dealkylation sites (N-methyl/N-ethyl adjacent to an activating group) is 1. The quantitative estimate of drug-likeness (QED) is 0.871. The van der Waals surface area contributed by atoms with Gasteiger partial charge in [-0.05, 0) is 50.7 Å². The van der Waals surface area contributed by atoms with Gasteiger partial charge >= 0.3 is 0 Å². The van der Waals surface area contributed by atoms with Crippen molar-refractivity contribution < 1.29 is 0 Å². The fraction of sp³-hybridized carbons (Fsp3) is 0.647. The lowest BCUT2D eigenvalue weighted by molar-refractivity contribution is 0.391. The van der Waals surface area contributed by atoms with Crippen molar-refractivity contribution in [3.8, 4) is 0 Å². The maximum absolute atomic E-state index is 4.95. The Balaban J connectivity index is 1.69. The van der Waals surface area contributed by atoms with Gasteiger partial charge in [-0.15, -0.1) is 0 Å². The highest BCUT2D eigenvalue weighted by Crippen LogP contribution is 2.31. The van der Waals surface area contributed by atoms with Crippen LogP contribution in [0.1, 0.15) is 37.5 Å². The van der Waals surface area contributed by atoms with Crippen molar-refractivity contribution >= 4 is 22.9 Å². The van der Waals surface area contributed by atoms with Gasteiger partial charge in [0.1, 0.15) is 11.3 Å². The largest absolute Gasteiger partial charge is 0.308 e. The van der Waals surface area contributed by atoms with Crippen LogP contribution in [0.2, 0.25) is 0 Å². The van der Waals surface area contributed by atoms with Crippen LogP contribution in [-0.4, -0.2) is 50.6 Å². The first-order chi connectivity index (χ1) is 10.8. The molecule has 2 unspecified atom stereocenters. The molecule has 2 aliphatic heterocycles. The fourth-order valence-electron chi connectivity index (χ4n) is 3.80. The zero-order chi connectivity index (χ0) is 14.9. The van der Waals surface area contributed by atoms with Crippen molar-refractivity contribution in [3.63, 3.8) is 0 Å². The predicted octanol–water partition coefficient (Wildman–Crippen LogP) is 3.14. The summed E-state index contributed by atoms with van der Waals surface area (Å²) < 4.78 is 2.45. The van der Waals surface area contributed by atoms with E-state index in [-0.39, 0.29) is 0 Å². The molecule has 0 radical (unpaired) electrons. The number of imidazole rings is 1. The van der Waals surface area contributed by atoms with Gasteiger partial charge < -0.3 is 9.47 Å². The molecule has 4 heterocycles. The van der Waals surface area contributed by atoms with Crippen LogP contribution < -0.4 is 0 Å². The summed E-state index contributed by atoms with van der Waals surface area (Å²) in [5.41, 5.74) is 2.14. The molecule has 118 valence electrons. The molecular weight excluding hydrogens is 292 g/mol. The van der Waals surface area contributed by atoms with Crippen LogP contribution in [0.5, 0.6) is 0 Å². The van der Waals surface area contributed by atoms with Crippen molar-refractivity contribution in [1.29, 1.82) is 0 Å². The Bertz CT molecular complexity index is 647. The summed E-state index contributed by atoms with van der Waals surface area (Å²) in [5.74, 6) is 2.57. The second-order valence-electron chi connectivity index (χ2n) is 6.64. The molecule has 0 saturated carbocycles. The van der Waals surface area contributed by atoms with E-state index in [1.54, 1.807) is 0 Å². The number of fused-ring (bicyclic) bond motifs is 1. The lowest BCUT2D eigenvalue weighted by atomic mass is 10.1. The number of rotatable bonds is 3. The fourth-order valence-corrected chi connectivity index (χ4v) is 5.10. The van der Waals surface area contributed by atoms with Gasteiger partial charge in [0.05, 0.1) is 6.04 Å². The minimum absolute atomic E-state index is 0.536. The average molecular weight is 316 g/mol. The molecule has 0 bridgehead atoms. The minimum atomic E-state index is 0.536. The normalized spacial score (nSPS) is 26.8. The lowest BCUT2D eigenvalue weighted by Gasteiger charge is -2.22. The molecule has 2 saturated heterocycles. The molecule has 0 spiro atoms. The van der Waals surface area contributed by atoms with Gasteiger partial charge in [0, 0.05) is 24.4 Å². The third kappa shape index (κ3) is 2.76. The number of thioether (sulfide) groups is 1. The second-order valence-corrected chi connectivity index (χ2v) is 8.05. The Morgan fingerprint density at radius 1 is 1.32 bits per heavy atom. The average Bonchev–Trinajstić information content (AvgIpc) is 3.11. The molecule has 0 amide bonds. The summed E-state index contributed by atoms with van der Waals surface area (Å²) >= 11 is 2.14. The standard InChI is InChI=1S/C17H24N4S/c1-20-9-7-13(12-20)21-16(11-14-5-2-3-10-22-14)19-15-6-4-8-18-17(15)21/h4,6,8,13-14H,2-3,5,7,9-12H2,1H3. The number of nitrogens with zero attached hydrogens (tertiary/aromatic N) is 4. The number of hydrogen-bond acceptors (Lipinski definition) is 4. The monoisotopic (exact) mass is 316 g/mol. The highest BCUT2D eigenvalue weighted by molar-refractivity contribution is 7.99. The van der Waals surface area contributed by atoms with E-state index < -0.39 is 0 Å². The molecule has 0 aliphatic carbocycles. The van der Waals surface area contributed by atoms with Crippen molar-refractivity contribution in [2.24, 2.45) is 0 Å². The molecular formula is C17H24N4S. The number of pyridine rings is 1. The van der Waals surface area contributed by atoms with Crippen LogP contribution in [0, 0.1) is 0 Å². The van der Waals surface area contributed by atoms with E-state index in [9.17, 15) is 0 Å². The highest BCUT2D eigenvalue weighted by atomic mass is 32.2. The smallest absolute Gasteiger partial charge is 0.160 e. The molecule has 4 nitrogen and oxygen atoms in total. The molecule has 22 heavy (non-hydrogen) atoms. The van der Waals surface area contributed by atoms with Crippen LogP contribution in [0.4, 0.5) is 0 Å². The van der Waals surface area contributed by atoms with Crippen LogP contribution in [0.25, 0.3) is 11.2 Å². The SMILES string of the molecule is CN1CCC(n2c(CC3CCCCS3)nc3cccnc32)C1. The van der Waals surface area contributed by atoms with Crippen molar-refractivity contribution in [2.45, 2.75) is 43.4 Å². The number of aromatic nitrogens is 3. The van der Waals surface area contributed by atoms with Gasteiger partial charge in [-0.2, -0.15) is 11.8 Å². The summed E-state index contributed by atoms with van der Waals surface area (Å²) in [7, 11) is 2.21. The van der Waals surface area contributed by atoms with Crippen molar-refractivity contribution in [1.82, 2.24) is 19.4 Å². The molecule has 2 aromatic heterocycles. The van der Waals surface area contributed by atoms with Crippen molar-refractivity contribution in [3.05, 3.63) is 24.2 Å². The van der Waals surface area contributed by atoms with Gasteiger partial charge in [0.2, 0.25) is 0 Å². The van der Waals surface area contributed by atoms with E-state index in [1.807, 2.05) is 12.3 Å². The maximum Gasteiger partial charge on any atom is 0.160 e. The van der Waals surface area contributed by atoms with E-state index in [0.29, 0.717) is 6.04 Å². The molecule has 2 atom stereocenters. The highest BCUT2D eigenvalue weighted by Gasteiger charge is 2.27. The Morgan fingerprint density at radius 3 is 3.05 bits per heavy atom. The lowest BCUT2D eigenvalue weighted by Crippen LogP contribution is -2.21. The summed E-state index contributed by atoms with van der Waals surface area (Å²) in [6.45, 7) is 2.29. The molecule has 5 heteroatoms. The first-order valence-electron chi connectivity index (χ1n) is 8.43. The van der Waals surface area contributed by atoms with Gasteiger partial charge in [-0.1, -0.05) is 6.42 Å². The van der Waals surface area contributed by atoms with E-state index in [0.717, 1.165) is 29.4 Å². The molecule has 4 rings (SSSR count). The zero-order valence-corrected chi connectivity index (χ0v) is 14.1. The summed E-state index contributed by atoms with van der Waals surface area (Å²) in [6.07, 6.45) is 8.31.